The van der Waals surface area contributed by atoms with Crippen molar-refractivity contribution in [2.45, 2.75) is 25.3 Å². The Morgan fingerprint density at radius 1 is 1.33 bits per heavy atom. The molecule has 6 heteroatoms. The second kappa shape index (κ2) is 5.87. The van der Waals surface area contributed by atoms with Crippen molar-refractivity contribution in [2.75, 3.05) is 5.32 Å². The van der Waals surface area contributed by atoms with E-state index in [-0.39, 0.29) is 6.04 Å². The fraction of sp³-hybridized carbons (Fsp3) is 0.267. The first-order chi connectivity index (χ1) is 10.0. The van der Waals surface area contributed by atoms with Gasteiger partial charge in [-0.15, -0.1) is 11.3 Å². The smallest absolute Gasteiger partial charge is 0.250 e. The molecule has 3 rings (SSSR count). The number of nitrogens with two attached hydrogens (primary N) is 1. The molecular weight excluding hydrogens is 327 g/mol. The van der Waals surface area contributed by atoms with Gasteiger partial charge in [0.2, 0.25) is 5.91 Å². The van der Waals surface area contributed by atoms with E-state index in [4.69, 9.17) is 28.9 Å². The number of carbonyl (C=O) groups is 1. The van der Waals surface area contributed by atoms with E-state index in [9.17, 15) is 4.79 Å². The first-order valence-electron chi connectivity index (χ1n) is 6.68. The van der Waals surface area contributed by atoms with Crippen molar-refractivity contribution in [3.05, 3.63) is 49.6 Å². The molecule has 1 aromatic carbocycles. The van der Waals surface area contributed by atoms with Gasteiger partial charge < -0.3 is 11.1 Å². The third-order valence-electron chi connectivity index (χ3n) is 3.66. The minimum atomic E-state index is -0.517. The normalized spacial score (nSPS) is 17.3. The molecule has 0 saturated carbocycles. The maximum absolute atomic E-state index is 11.2. The fourth-order valence-corrected chi connectivity index (χ4v) is 4.33. The number of rotatable bonds is 3. The van der Waals surface area contributed by atoms with Crippen LogP contribution >= 0.6 is 34.5 Å². The first kappa shape index (κ1) is 14.7. The lowest BCUT2D eigenvalue weighted by atomic mass is 9.94. The third kappa shape index (κ3) is 3.03. The highest BCUT2D eigenvalue weighted by Gasteiger charge is 2.22. The van der Waals surface area contributed by atoms with Crippen LogP contribution in [-0.4, -0.2) is 5.91 Å². The van der Waals surface area contributed by atoms with Gasteiger partial charge in [0.25, 0.3) is 0 Å². The fourth-order valence-electron chi connectivity index (χ4n) is 2.68. The number of thiophene rings is 1. The lowest BCUT2D eigenvalue weighted by molar-refractivity contribution is 0.100. The van der Waals surface area contributed by atoms with Crippen LogP contribution in [0.1, 0.15) is 39.7 Å². The van der Waals surface area contributed by atoms with Gasteiger partial charge in [0.1, 0.15) is 0 Å². The standard InChI is InChI=1S/C15H14Cl2N2OS/c16-11-6-8(4-5-9(11)15(18)20)19-12-2-1-3-13-10(12)7-14(17)21-13/h4-7,12,19H,1-3H2,(H2,18,20). The van der Waals surface area contributed by atoms with E-state index in [1.54, 1.807) is 23.5 Å². The Hall–Kier alpha value is -1.23. The molecule has 0 spiro atoms. The van der Waals surface area contributed by atoms with Gasteiger partial charge in [0.05, 0.1) is 21.0 Å². The second-order valence-corrected chi connectivity index (χ2v) is 7.25. The summed E-state index contributed by atoms with van der Waals surface area (Å²) in [4.78, 5) is 12.5. The average molecular weight is 341 g/mol. The highest BCUT2D eigenvalue weighted by Crippen LogP contribution is 2.39. The highest BCUT2D eigenvalue weighted by atomic mass is 35.5. The molecule has 1 aliphatic rings. The summed E-state index contributed by atoms with van der Waals surface area (Å²) in [7, 11) is 0. The Morgan fingerprint density at radius 3 is 2.86 bits per heavy atom. The van der Waals surface area contributed by atoms with E-state index in [1.807, 2.05) is 12.1 Å². The molecule has 0 aliphatic heterocycles. The molecule has 1 aromatic heterocycles. The lowest BCUT2D eigenvalue weighted by Gasteiger charge is -2.24. The SMILES string of the molecule is NC(=O)c1ccc(NC2CCCc3sc(Cl)cc32)cc1Cl. The predicted molar refractivity (Wildman–Crippen MR) is 88.6 cm³/mol. The van der Waals surface area contributed by atoms with E-state index in [1.165, 1.54) is 10.4 Å². The highest BCUT2D eigenvalue weighted by molar-refractivity contribution is 7.16. The van der Waals surface area contributed by atoms with Crippen LogP contribution in [0.2, 0.25) is 9.36 Å². The van der Waals surface area contributed by atoms with Gasteiger partial charge >= 0.3 is 0 Å². The number of fused-ring (bicyclic) bond motifs is 1. The summed E-state index contributed by atoms with van der Waals surface area (Å²) in [5.74, 6) is -0.517. The summed E-state index contributed by atoms with van der Waals surface area (Å²) < 4.78 is 0.829. The molecule has 0 bridgehead atoms. The van der Waals surface area contributed by atoms with Crippen LogP contribution in [-0.2, 0) is 6.42 Å². The van der Waals surface area contributed by atoms with Crippen molar-refractivity contribution >= 4 is 46.1 Å². The zero-order chi connectivity index (χ0) is 15.0. The summed E-state index contributed by atoms with van der Waals surface area (Å²) in [6.07, 6.45) is 3.27. The lowest BCUT2D eigenvalue weighted by Crippen LogP contribution is -2.16. The molecule has 1 heterocycles. The Balaban J connectivity index is 1.84. The molecule has 1 unspecified atom stereocenters. The van der Waals surface area contributed by atoms with Crippen LogP contribution in [0.25, 0.3) is 0 Å². The Kier molecular flexibility index (Phi) is 4.11. The van der Waals surface area contributed by atoms with Crippen LogP contribution in [0.15, 0.2) is 24.3 Å². The number of nitrogens with one attached hydrogen (secondary N) is 1. The van der Waals surface area contributed by atoms with Crippen molar-refractivity contribution in [1.29, 1.82) is 0 Å². The van der Waals surface area contributed by atoms with Gasteiger partial charge in [-0.25, -0.2) is 0 Å². The number of anilines is 1. The minimum Gasteiger partial charge on any atom is -0.378 e. The third-order valence-corrected chi connectivity index (χ3v) is 5.31. The number of halogens is 2. The van der Waals surface area contributed by atoms with Crippen molar-refractivity contribution in [1.82, 2.24) is 0 Å². The van der Waals surface area contributed by atoms with Gasteiger partial charge in [-0.3, -0.25) is 4.79 Å². The summed E-state index contributed by atoms with van der Waals surface area (Å²) in [5.41, 5.74) is 7.75. The van der Waals surface area contributed by atoms with Gasteiger partial charge in [0.15, 0.2) is 0 Å². The molecular formula is C15H14Cl2N2OS. The van der Waals surface area contributed by atoms with E-state index in [2.05, 4.69) is 5.32 Å². The molecule has 0 saturated heterocycles. The van der Waals surface area contributed by atoms with Crippen LogP contribution in [0.3, 0.4) is 0 Å². The average Bonchev–Trinajstić information content (AvgIpc) is 2.80. The molecule has 1 atom stereocenters. The maximum Gasteiger partial charge on any atom is 0.250 e. The summed E-state index contributed by atoms with van der Waals surface area (Å²) >= 11 is 13.9. The maximum atomic E-state index is 11.2. The number of carbonyl (C=O) groups excluding carboxylic acids is 1. The molecule has 110 valence electrons. The Labute approximate surface area is 137 Å². The molecule has 1 aliphatic carbocycles. The van der Waals surface area contributed by atoms with Crippen LogP contribution in [0.5, 0.6) is 0 Å². The summed E-state index contributed by atoms with van der Waals surface area (Å²) in [6.45, 7) is 0. The zero-order valence-corrected chi connectivity index (χ0v) is 13.5. The van der Waals surface area contributed by atoms with Crippen LogP contribution in [0, 0.1) is 0 Å². The molecule has 3 nitrogen and oxygen atoms in total. The van der Waals surface area contributed by atoms with Crippen molar-refractivity contribution in [3.8, 4) is 0 Å². The van der Waals surface area contributed by atoms with E-state index in [0.29, 0.717) is 10.6 Å². The van der Waals surface area contributed by atoms with Gasteiger partial charge in [-0.2, -0.15) is 0 Å². The molecule has 0 fully saturated rings. The van der Waals surface area contributed by atoms with E-state index < -0.39 is 5.91 Å². The quantitative estimate of drug-likeness (QED) is 0.854. The van der Waals surface area contributed by atoms with Gasteiger partial charge in [-0.1, -0.05) is 23.2 Å². The summed E-state index contributed by atoms with van der Waals surface area (Å²) in [6, 6.07) is 7.49. The van der Waals surface area contributed by atoms with Crippen molar-refractivity contribution < 1.29 is 4.79 Å². The Bertz CT molecular complexity index is 699. The molecule has 2 aromatic rings. The zero-order valence-electron chi connectivity index (χ0n) is 11.2. The van der Waals surface area contributed by atoms with E-state index in [0.717, 1.165) is 29.3 Å². The van der Waals surface area contributed by atoms with Gasteiger partial charge in [-0.05, 0) is 49.1 Å². The monoisotopic (exact) mass is 340 g/mol. The van der Waals surface area contributed by atoms with Crippen LogP contribution < -0.4 is 11.1 Å². The van der Waals surface area contributed by atoms with Crippen molar-refractivity contribution in [2.24, 2.45) is 5.73 Å². The topological polar surface area (TPSA) is 55.1 Å². The molecule has 1 amide bonds. The van der Waals surface area contributed by atoms with Crippen LogP contribution in [0.4, 0.5) is 5.69 Å². The number of amides is 1. The number of hydrogen-bond acceptors (Lipinski definition) is 3. The largest absolute Gasteiger partial charge is 0.378 e. The predicted octanol–water partition coefficient (Wildman–Crippen LogP) is 4.64. The molecule has 3 N–H and O–H groups in total. The minimum absolute atomic E-state index is 0.230. The van der Waals surface area contributed by atoms with Gasteiger partial charge in [0, 0.05) is 10.6 Å². The number of hydrogen-bond donors (Lipinski definition) is 2. The molecule has 21 heavy (non-hydrogen) atoms. The Morgan fingerprint density at radius 2 is 2.14 bits per heavy atom. The van der Waals surface area contributed by atoms with E-state index >= 15 is 0 Å². The molecule has 0 radical (unpaired) electrons. The number of benzene rings is 1. The first-order valence-corrected chi connectivity index (χ1v) is 8.26. The van der Waals surface area contributed by atoms with Crippen molar-refractivity contribution in [3.63, 3.8) is 0 Å². The number of primary amides is 1. The second-order valence-electron chi connectivity index (χ2n) is 5.08. The summed E-state index contributed by atoms with van der Waals surface area (Å²) in [5, 5.41) is 3.84. The number of aryl methyl sites for hydroxylation is 1.